The van der Waals surface area contributed by atoms with Crippen LogP contribution in [0.25, 0.3) is 0 Å². The molecule has 1 atom stereocenters. The molecular formula is C21H19F2N5O2S. The van der Waals surface area contributed by atoms with E-state index in [0.717, 1.165) is 41.1 Å². The molecule has 2 aromatic carbocycles. The molecule has 0 saturated carbocycles. The van der Waals surface area contributed by atoms with Crippen molar-refractivity contribution >= 4 is 34.6 Å². The number of carbonyl (C=O) groups is 2. The normalized spacial score (nSPS) is 15.7. The predicted octanol–water partition coefficient (Wildman–Crippen LogP) is 4.75. The van der Waals surface area contributed by atoms with Gasteiger partial charge >= 0.3 is 6.03 Å². The molecule has 0 aliphatic carbocycles. The van der Waals surface area contributed by atoms with Crippen molar-refractivity contribution in [3.05, 3.63) is 69.7 Å². The van der Waals surface area contributed by atoms with Gasteiger partial charge < -0.3 is 15.5 Å². The van der Waals surface area contributed by atoms with Crippen LogP contribution < -0.4 is 10.6 Å². The number of nitrogens with one attached hydrogen (secondary N) is 2. The first-order valence-corrected chi connectivity index (χ1v) is 10.5. The van der Waals surface area contributed by atoms with Gasteiger partial charge in [-0.05, 0) is 43.5 Å². The summed E-state index contributed by atoms with van der Waals surface area (Å²) in [7, 11) is 0. The summed E-state index contributed by atoms with van der Waals surface area (Å²) in [6, 6.07) is 10.1. The lowest BCUT2D eigenvalue weighted by Gasteiger charge is -2.23. The zero-order valence-electron chi connectivity index (χ0n) is 16.6. The first-order valence-electron chi connectivity index (χ1n) is 9.65. The summed E-state index contributed by atoms with van der Waals surface area (Å²) in [4.78, 5) is 26.9. The topological polar surface area (TPSA) is 87.2 Å². The van der Waals surface area contributed by atoms with Crippen molar-refractivity contribution < 1.29 is 18.4 Å². The van der Waals surface area contributed by atoms with Crippen molar-refractivity contribution in [2.24, 2.45) is 0 Å². The molecule has 1 aliphatic rings. The fourth-order valence-corrected chi connectivity index (χ4v) is 4.27. The number of aromatic nitrogens is 2. The molecular weight excluding hydrogens is 424 g/mol. The number of amides is 3. The van der Waals surface area contributed by atoms with Crippen LogP contribution in [-0.2, 0) is 0 Å². The van der Waals surface area contributed by atoms with Crippen molar-refractivity contribution in [2.45, 2.75) is 25.8 Å². The maximum absolute atomic E-state index is 13.3. The number of aryl methyl sites for hydroxylation is 1. The molecule has 1 unspecified atom stereocenters. The van der Waals surface area contributed by atoms with Crippen LogP contribution in [-0.4, -0.2) is 33.6 Å². The largest absolute Gasteiger partial charge is 0.322 e. The third kappa shape index (κ3) is 4.53. The molecule has 1 aromatic heterocycles. The molecule has 160 valence electrons. The lowest BCUT2D eigenvalue weighted by Crippen LogP contribution is -2.34. The number of anilines is 2. The Hall–Kier alpha value is -3.40. The van der Waals surface area contributed by atoms with Gasteiger partial charge in [0.25, 0.3) is 5.91 Å². The Kier molecular flexibility index (Phi) is 5.90. The molecule has 2 heterocycles. The number of para-hydroxylation sites is 1. The van der Waals surface area contributed by atoms with E-state index in [4.69, 9.17) is 0 Å². The van der Waals surface area contributed by atoms with Crippen LogP contribution in [0.4, 0.5) is 25.0 Å². The molecule has 1 saturated heterocycles. The van der Waals surface area contributed by atoms with E-state index in [9.17, 15) is 18.4 Å². The van der Waals surface area contributed by atoms with Crippen molar-refractivity contribution in [1.29, 1.82) is 0 Å². The molecule has 0 spiro atoms. The monoisotopic (exact) mass is 443 g/mol. The second-order valence-corrected chi connectivity index (χ2v) is 8.13. The standard InChI is InChI=1S/C21H19F2N5O2S/c1-12-5-2-3-6-16(12)25-21(30)28-10-4-7-17(28)19-26-27-20(31-19)18(29)24-13-8-9-14(22)15(23)11-13/h2-3,5-6,8-9,11,17H,4,7,10H2,1H3,(H,24,29)(H,25,30). The van der Waals surface area contributed by atoms with Crippen LogP contribution in [0.15, 0.2) is 42.5 Å². The van der Waals surface area contributed by atoms with Gasteiger partial charge in [0.05, 0.1) is 6.04 Å². The van der Waals surface area contributed by atoms with Gasteiger partial charge in [-0.15, -0.1) is 10.2 Å². The fourth-order valence-electron chi connectivity index (χ4n) is 3.39. The highest BCUT2D eigenvalue weighted by molar-refractivity contribution is 7.13. The number of hydrogen-bond acceptors (Lipinski definition) is 5. The van der Waals surface area contributed by atoms with Gasteiger partial charge in [0.2, 0.25) is 5.01 Å². The molecule has 31 heavy (non-hydrogen) atoms. The molecule has 2 N–H and O–H groups in total. The molecule has 1 fully saturated rings. The number of halogens is 2. The minimum absolute atomic E-state index is 0.0749. The Morgan fingerprint density at radius 2 is 1.90 bits per heavy atom. The van der Waals surface area contributed by atoms with Gasteiger partial charge in [0.1, 0.15) is 5.01 Å². The summed E-state index contributed by atoms with van der Waals surface area (Å²) in [5, 5.41) is 14.0. The number of rotatable bonds is 4. The number of urea groups is 1. The van der Waals surface area contributed by atoms with Crippen LogP contribution in [0.2, 0.25) is 0 Å². The molecule has 3 amide bonds. The maximum atomic E-state index is 13.3. The van der Waals surface area contributed by atoms with Crippen molar-refractivity contribution in [3.8, 4) is 0 Å². The molecule has 1 aliphatic heterocycles. The Morgan fingerprint density at radius 3 is 2.68 bits per heavy atom. The van der Waals surface area contributed by atoms with E-state index in [1.165, 1.54) is 6.07 Å². The zero-order valence-corrected chi connectivity index (χ0v) is 17.4. The minimum Gasteiger partial charge on any atom is -0.320 e. The lowest BCUT2D eigenvalue weighted by atomic mass is 10.2. The average Bonchev–Trinajstić information content (AvgIpc) is 3.42. The fraction of sp³-hybridized carbons (Fsp3) is 0.238. The van der Waals surface area contributed by atoms with Crippen LogP contribution in [0.1, 0.15) is 39.3 Å². The third-order valence-electron chi connectivity index (χ3n) is 5.00. The third-order valence-corrected chi connectivity index (χ3v) is 6.02. The second kappa shape index (κ2) is 8.76. The van der Waals surface area contributed by atoms with E-state index in [1.54, 1.807) is 4.90 Å². The van der Waals surface area contributed by atoms with Gasteiger partial charge in [-0.2, -0.15) is 0 Å². The van der Waals surface area contributed by atoms with E-state index in [1.807, 2.05) is 31.2 Å². The highest BCUT2D eigenvalue weighted by Gasteiger charge is 2.33. The number of hydrogen-bond donors (Lipinski definition) is 2. The van der Waals surface area contributed by atoms with E-state index in [-0.39, 0.29) is 22.8 Å². The first kappa shape index (κ1) is 20.9. The Labute approximate surface area is 181 Å². The Balaban J connectivity index is 1.45. The van der Waals surface area contributed by atoms with Crippen LogP contribution in [0.3, 0.4) is 0 Å². The molecule has 0 radical (unpaired) electrons. The summed E-state index contributed by atoms with van der Waals surface area (Å²) in [5.41, 5.74) is 1.81. The molecule has 4 rings (SSSR count). The quantitative estimate of drug-likeness (QED) is 0.609. The van der Waals surface area contributed by atoms with Crippen molar-refractivity contribution in [2.75, 3.05) is 17.2 Å². The SMILES string of the molecule is Cc1ccccc1NC(=O)N1CCCC1c1nnc(C(=O)Nc2ccc(F)c(F)c2)s1. The van der Waals surface area contributed by atoms with Crippen molar-refractivity contribution in [1.82, 2.24) is 15.1 Å². The number of benzene rings is 2. The highest BCUT2D eigenvalue weighted by Crippen LogP contribution is 2.34. The minimum atomic E-state index is -1.06. The summed E-state index contributed by atoms with van der Waals surface area (Å²) in [6.07, 6.45) is 1.52. The van der Waals surface area contributed by atoms with Crippen LogP contribution in [0.5, 0.6) is 0 Å². The second-order valence-electron chi connectivity index (χ2n) is 7.12. The average molecular weight is 443 g/mol. The number of likely N-dealkylation sites (tertiary alicyclic amines) is 1. The summed E-state index contributed by atoms with van der Waals surface area (Å²) in [6.45, 7) is 2.48. The van der Waals surface area contributed by atoms with Crippen LogP contribution >= 0.6 is 11.3 Å². The molecule has 7 nitrogen and oxygen atoms in total. The number of carbonyl (C=O) groups excluding carboxylic acids is 2. The molecule has 10 heteroatoms. The van der Waals surface area contributed by atoms with Gasteiger partial charge in [0.15, 0.2) is 11.6 Å². The first-order chi connectivity index (χ1) is 14.9. The van der Waals surface area contributed by atoms with E-state index in [0.29, 0.717) is 18.0 Å². The van der Waals surface area contributed by atoms with Gasteiger partial charge in [-0.3, -0.25) is 4.79 Å². The lowest BCUT2D eigenvalue weighted by molar-refractivity contribution is 0.102. The molecule has 0 bridgehead atoms. The summed E-state index contributed by atoms with van der Waals surface area (Å²) < 4.78 is 26.4. The Bertz CT molecular complexity index is 1140. The van der Waals surface area contributed by atoms with Crippen LogP contribution in [0, 0.1) is 18.6 Å². The van der Waals surface area contributed by atoms with Gasteiger partial charge in [-0.25, -0.2) is 13.6 Å². The molecule has 3 aromatic rings. The van der Waals surface area contributed by atoms with Gasteiger partial charge in [0, 0.05) is 24.0 Å². The van der Waals surface area contributed by atoms with E-state index in [2.05, 4.69) is 20.8 Å². The maximum Gasteiger partial charge on any atom is 0.322 e. The number of nitrogens with zero attached hydrogens (tertiary/aromatic N) is 3. The summed E-state index contributed by atoms with van der Waals surface area (Å²) in [5.74, 6) is -2.64. The smallest absolute Gasteiger partial charge is 0.320 e. The van der Waals surface area contributed by atoms with E-state index >= 15 is 0 Å². The van der Waals surface area contributed by atoms with Crippen molar-refractivity contribution in [3.63, 3.8) is 0 Å². The highest BCUT2D eigenvalue weighted by atomic mass is 32.1. The Morgan fingerprint density at radius 1 is 1.10 bits per heavy atom. The van der Waals surface area contributed by atoms with E-state index < -0.39 is 17.5 Å². The summed E-state index contributed by atoms with van der Waals surface area (Å²) >= 11 is 1.07. The van der Waals surface area contributed by atoms with Gasteiger partial charge in [-0.1, -0.05) is 29.5 Å². The zero-order chi connectivity index (χ0) is 22.0. The predicted molar refractivity (Wildman–Crippen MR) is 113 cm³/mol.